The summed E-state index contributed by atoms with van der Waals surface area (Å²) in [6.07, 6.45) is 0.906. The van der Waals surface area contributed by atoms with Gasteiger partial charge in [-0.05, 0) is 62.8 Å². The van der Waals surface area contributed by atoms with Crippen LogP contribution in [-0.4, -0.2) is 77.3 Å². The Morgan fingerprint density at radius 3 is 2.79 bits per heavy atom. The van der Waals surface area contributed by atoms with Crippen LogP contribution in [0, 0.1) is 17.2 Å². The molecule has 4 aliphatic rings. The minimum absolute atomic E-state index is 0.0129. The van der Waals surface area contributed by atoms with Crippen molar-refractivity contribution in [1.29, 1.82) is 0 Å². The molecular weight excluding hydrogens is 649 g/mol. The molecule has 13 heteroatoms. The number of alkyl halides is 3. The van der Waals surface area contributed by atoms with Gasteiger partial charge in [0.1, 0.15) is 5.82 Å². The van der Waals surface area contributed by atoms with Crippen LogP contribution in [0.25, 0.3) is 0 Å². The van der Waals surface area contributed by atoms with Crippen LogP contribution in [0.5, 0.6) is 0 Å². The number of aliphatic imine (C=N–C) groups is 1. The number of amides is 2. The standard InChI is InChI=1S/C26H32F4IN5O2S/c27-21-3-2-16(10-19(21)26(28,29)30)34-24(38)36(8-1-7-35-9-5-18(37)14-35)22-4-6-25(11-20(22)25)23-13-32-17(12-33-31)15-39-23/h2-3,10,13,18,20,22,33,37H,1,4-9,11-12,14-15H2,(H,34,38)/t18-,20?,22-,25+/m1/s1. The van der Waals surface area contributed by atoms with E-state index < -0.39 is 23.6 Å². The number of nitrogens with one attached hydrogen (secondary N) is 2. The number of aliphatic hydroxyl groups excluding tert-OH is 1. The summed E-state index contributed by atoms with van der Waals surface area (Å²) in [5, 5.41) is 12.4. The zero-order valence-electron chi connectivity index (χ0n) is 21.3. The van der Waals surface area contributed by atoms with Crippen molar-refractivity contribution in [2.24, 2.45) is 16.3 Å². The highest BCUT2D eigenvalue weighted by atomic mass is 127. The van der Waals surface area contributed by atoms with Gasteiger partial charge in [0.25, 0.3) is 0 Å². The minimum atomic E-state index is -4.86. The maximum Gasteiger partial charge on any atom is 0.419 e. The van der Waals surface area contributed by atoms with Crippen LogP contribution in [0.1, 0.15) is 37.7 Å². The number of thioether (sulfide) groups is 1. The third-order valence-corrected chi connectivity index (χ3v) is 9.99. The zero-order valence-corrected chi connectivity index (χ0v) is 24.3. The normalized spacial score (nSPS) is 28.6. The summed E-state index contributed by atoms with van der Waals surface area (Å²) in [4.78, 5) is 23.3. The predicted molar refractivity (Wildman–Crippen MR) is 152 cm³/mol. The molecule has 214 valence electrons. The summed E-state index contributed by atoms with van der Waals surface area (Å²) in [5.41, 5.74) is -0.385. The first-order valence-electron chi connectivity index (χ1n) is 13.2. The minimum Gasteiger partial charge on any atom is -0.392 e. The molecule has 0 aromatic heterocycles. The van der Waals surface area contributed by atoms with Crippen LogP contribution < -0.4 is 8.85 Å². The van der Waals surface area contributed by atoms with E-state index in [0.29, 0.717) is 25.6 Å². The topological polar surface area (TPSA) is 80.2 Å². The number of likely N-dealkylation sites (tertiary alicyclic amines) is 1. The molecule has 0 bridgehead atoms. The summed E-state index contributed by atoms with van der Waals surface area (Å²) in [5.74, 6) is -0.269. The number of benzene rings is 1. The average Bonchev–Trinajstić information content (AvgIpc) is 3.29. The molecule has 3 N–H and O–H groups in total. The number of urea groups is 1. The Labute approximate surface area is 243 Å². The predicted octanol–water partition coefficient (Wildman–Crippen LogP) is 5.27. The largest absolute Gasteiger partial charge is 0.419 e. The maximum absolute atomic E-state index is 13.8. The number of rotatable bonds is 9. The molecule has 1 saturated heterocycles. The molecule has 1 aromatic rings. The van der Waals surface area contributed by atoms with E-state index in [-0.39, 0.29) is 29.2 Å². The van der Waals surface area contributed by atoms with E-state index >= 15 is 0 Å². The summed E-state index contributed by atoms with van der Waals surface area (Å²) >= 11 is 3.91. The number of carbonyl (C=O) groups excluding carboxylic acids is 1. The molecule has 0 spiro atoms. The number of halogens is 5. The summed E-state index contributed by atoms with van der Waals surface area (Å²) in [7, 11) is 0. The first kappa shape index (κ1) is 29.1. The van der Waals surface area contributed by atoms with E-state index in [4.69, 9.17) is 0 Å². The van der Waals surface area contributed by atoms with Crippen LogP contribution >= 0.6 is 34.6 Å². The van der Waals surface area contributed by atoms with Crippen LogP contribution in [0.15, 0.2) is 34.3 Å². The van der Waals surface area contributed by atoms with Crippen molar-refractivity contribution >= 4 is 52.1 Å². The Hall–Kier alpha value is -1.42. The van der Waals surface area contributed by atoms with E-state index in [1.165, 1.54) is 4.91 Å². The average molecular weight is 682 g/mol. The number of carbonyl (C=O) groups is 1. The molecule has 4 atom stereocenters. The fraction of sp³-hybridized carbons (Fsp3) is 0.615. The summed E-state index contributed by atoms with van der Waals surface area (Å²) < 4.78 is 56.7. The van der Waals surface area contributed by atoms with Crippen LogP contribution in [0.2, 0.25) is 0 Å². The Bertz CT molecular complexity index is 1150. The summed E-state index contributed by atoms with van der Waals surface area (Å²) in [6, 6.07) is 2.03. The van der Waals surface area contributed by atoms with Gasteiger partial charge in [0.05, 0.1) is 11.7 Å². The molecule has 2 saturated carbocycles. The lowest BCUT2D eigenvalue weighted by molar-refractivity contribution is -0.139. The molecule has 39 heavy (non-hydrogen) atoms. The molecule has 2 aliphatic carbocycles. The lowest BCUT2D eigenvalue weighted by atomic mass is 10.0. The number of aliphatic hydroxyl groups is 1. The first-order valence-corrected chi connectivity index (χ1v) is 15.2. The van der Waals surface area contributed by atoms with Gasteiger partial charge in [0.2, 0.25) is 0 Å². The Morgan fingerprint density at radius 2 is 2.15 bits per heavy atom. The van der Waals surface area contributed by atoms with E-state index in [1.54, 1.807) is 4.90 Å². The number of β-amino-alcohol motifs (C(OH)–C–C–N with tert-alkyl or cyclic N) is 1. The quantitative estimate of drug-likeness (QED) is 0.188. The van der Waals surface area contributed by atoms with Gasteiger partial charge in [-0.1, -0.05) is 0 Å². The molecule has 1 unspecified atom stereocenters. The fourth-order valence-electron chi connectivity index (χ4n) is 6.26. The van der Waals surface area contributed by atoms with E-state index in [1.807, 2.05) is 18.0 Å². The lowest BCUT2D eigenvalue weighted by Crippen LogP contribution is -2.44. The SMILES string of the molecule is O=C(Nc1ccc(F)c(C(F)(F)F)c1)N(CCCN1CC[C@@H](O)C1)[C@@H]1CC[C@]2(C3=CN=C(CNI)CS3)CC12. The van der Waals surface area contributed by atoms with Crippen molar-refractivity contribution in [2.75, 3.05) is 43.8 Å². The molecule has 3 fully saturated rings. The molecular formula is C26H32F4IN5O2S. The second-order valence-corrected chi connectivity index (χ2v) is 12.6. The molecule has 2 heterocycles. The Morgan fingerprint density at radius 1 is 1.33 bits per heavy atom. The van der Waals surface area contributed by atoms with Crippen LogP contribution in [0.4, 0.5) is 28.0 Å². The molecule has 2 amide bonds. The number of hydrogen-bond acceptors (Lipinski definition) is 6. The zero-order chi connectivity index (χ0) is 27.8. The molecule has 2 aliphatic heterocycles. The fourth-order valence-corrected chi connectivity index (χ4v) is 7.95. The van der Waals surface area contributed by atoms with Gasteiger partial charge >= 0.3 is 12.2 Å². The highest BCUT2D eigenvalue weighted by molar-refractivity contribution is 14.1. The van der Waals surface area contributed by atoms with Gasteiger partial charge in [-0.3, -0.25) is 8.52 Å². The third-order valence-electron chi connectivity index (χ3n) is 8.31. The highest BCUT2D eigenvalue weighted by Gasteiger charge is 2.65. The summed E-state index contributed by atoms with van der Waals surface area (Å²) in [6.45, 7) is 3.32. The number of nitrogens with zero attached hydrogens (tertiary/aromatic N) is 3. The Balaban J connectivity index is 1.30. The third kappa shape index (κ3) is 6.41. The Kier molecular flexibility index (Phi) is 8.82. The van der Waals surface area contributed by atoms with Crippen molar-refractivity contribution in [3.63, 3.8) is 0 Å². The lowest BCUT2D eigenvalue weighted by Gasteiger charge is -2.31. The van der Waals surface area contributed by atoms with Crippen molar-refractivity contribution in [1.82, 2.24) is 13.3 Å². The van der Waals surface area contributed by atoms with Gasteiger partial charge in [-0.2, -0.15) is 13.2 Å². The molecule has 0 radical (unpaired) electrons. The first-order chi connectivity index (χ1) is 18.6. The second kappa shape index (κ2) is 11.8. The number of allylic oxidation sites excluding steroid dienone is 1. The van der Waals surface area contributed by atoms with Crippen molar-refractivity contribution in [3.8, 4) is 0 Å². The molecule has 7 nitrogen and oxygen atoms in total. The number of anilines is 1. The monoisotopic (exact) mass is 681 g/mol. The van der Waals surface area contributed by atoms with Crippen molar-refractivity contribution in [3.05, 3.63) is 40.7 Å². The van der Waals surface area contributed by atoms with Crippen molar-refractivity contribution < 1.29 is 27.5 Å². The second-order valence-electron chi connectivity index (χ2n) is 10.8. The van der Waals surface area contributed by atoms with E-state index in [2.05, 4.69) is 41.6 Å². The molecule has 5 rings (SSSR count). The van der Waals surface area contributed by atoms with Crippen LogP contribution in [0.3, 0.4) is 0 Å². The number of fused-ring (bicyclic) bond motifs is 1. The van der Waals surface area contributed by atoms with Gasteiger partial charge < -0.3 is 20.2 Å². The van der Waals surface area contributed by atoms with E-state index in [0.717, 1.165) is 68.9 Å². The number of hydrogen-bond donors (Lipinski definition) is 3. The van der Waals surface area contributed by atoms with Gasteiger partial charge in [0, 0.05) is 88.8 Å². The van der Waals surface area contributed by atoms with E-state index in [9.17, 15) is 27.5 Å². The van der Waals surface area contributed by atoms with Gasteiger partial charge in [-0.25, -0.2) is 9.18 Å². The highest BCUT2D eigenvalue weighted by Crippen LogP contribution is 2.70. The smallest absolute Gasteiger partial charge is 0.392 e. The van der Waals surface area contributed by atoms with Crippen molar-refractivity contribution in [2.45, 2.75) is 50.4 Å². The molecule has 1 aromatic carbocycles. The van der Waals surface area contributed by atoms with Gasteiger partial charge in [-0.15, -0.1) is 11.8 Å². The van der Waals surface area contributed by atoms with Crippen LogP contribution in [-0.2, 0) is 6.18 Å². The van der Waals surface area contributed by atoms with Gasteiger partial charge in [0.15, 0.2) is 0 Å². The maximum atomic E-state index is 13.8.